The number of halogens is 1. The molecule has 1 atom stereocenters. The van der Waals surface area contributed by atoms with E-state index in [9.17, 15) is 4.79 Å². The Bertz CT molecular complexity index is 439. The van der Waals surface area contributed by atoms with Crippen LogP contribution in [0.4, 0.5) is 5.69 Å². The maximum absolute atomic E-state index is 11.7. The molecule has 5 heteroatoms. The summed E-state index contributed by atoms with van der Waals surface area (Å²) in [6.45, 7) is 3.44. The fraction of sp³-hybridized carbons (Fsp3) is 0.333. The molecule has 0 aliphatic rings. The van der Waals surface area contributed by atoms with Gasteiger partial charge >= 0.3 is 5.97 Å². The molecule has 1 aromatic rings. The first-order valence-corrected chi connectivity index (χ1v) is 5.93. The summed E-state index contributed by atoms with van der Waals surface area (Å²) in [7, 11) is 0. The molecule has 0 radical (unpaired) electrons. The third-order valence-corrected chi connectivity index (χ3v) is 2.67. The van der Waals surface area contributed by atoms with Gasteiger partial charge in [-0.15, -0.1) is 0 Å². The van der Waals surface area contributed by atoms with Gasteiger partial charge in [0, 0.05) is 10.2 Å². The summed E-state index contributed by atoms with van der Waals surface area (Å²) in [5, 5.41) is 11.9. The first-order chi connectivity index (χ1) is 8.01. The maximum atomic E-state index is 11.7. The first-order valence-electron chi connectivity index (χ1n) is 5.14. The van der Waals surface area contributed by atoms with Crippen molar-refractivity contribution in [1.29, 1.82) is 5.26 Å². The topological polar surface area (TPSA) is 62.1 Å². The molecule has 0 heterocycles. The molecule has 90 valence electrons. The molecule has 1 N–H and O–H groups in total. The van der Waals surface area contributed by atoms with Crippen molar-refractivity contribution in [3.63, 3.8) is 0 Å². The van der Waals surface area contributed by atoms with Gasteiger partial charge in [-0.3, -0.25) is 0 Å². The van der Waals surface area contributed by atoms with Gasteiger partial charge in [-0.25, -0.2) is 4.79 Å². The Labute approximate surface area is 109 Å². The minimum atomic E-state index is -1.37. The average Bonchev–Trinajstić information content (AvgIpc) is 2.32. The number of nitrogens with zero attached hydrogens (tertiary/aromatic N) is 1. The van der Waals surface area contributed by atoms with Crippen molar-refractivity contribution in [3.05, 3.63) is 28.7 Å². The summed E-state index contributed by atoms with van der Waals surface area (Å²) < 4.78 is 5.79. The molecule has 0 aliphatic heterocycles. The van der Waals surface area contributed by atoms with Crippen molar-refractivity contribution in [2.75, 3.05) is 11.9 Å². The quantitative estimate of drug-likeness (QED) is 0.868. The second kappa shape index (κ2) is 5.69. The Balaban J connectivity index is 2.86. The maximum Gasteiger partial charge on any atom is 0.346 e. The Kier molecular flexibility index (Phi) is 4.53. The Hall–Kier alpha value is -1.54. The summed E-state index contributed by atoms with van der Waals surface area (Å²) in [6.07, 6.45) is 0. The van der Waals surface area contributed by atoms with Gasteiger partial charge in [-0.2, -0.15) is 5.26 Å². The molecule has 0 amide bonds. The molecule has 1 rings (SSSR count). The van der Waals surface area contributed by atoms with Crippen LogP contribution >= 0.6 is 15.9 Å². The van der Waals surface area contributed by atoms with E-state index in [2.05, 4.69) is 21.2 Å². The lowest BCUT2D eigenvalue weighted by molar-refractivity contribution is -0.145. The molecule has 0 unspecified atom stereocenters. The minimum Gasteiger partial charge on any atom is -0.463 e. The predicted molar refractivity (Wildman–Crippen MR) is 68.4 cm³/mol. The van der Waals surface area contributed by atoms with Crippen LogP contribution in [0.1, 0.15) is 13.8 Å². The third kappa shape index (κ3) is 3.46. The fourth-order valence-electron chi connectivity index (χ4n) is 1.22. The second-order valence-electron chi connectivity index (χ2n) is 3.59. The highest BCUT2D eigenvalue weighted by Crippen LogP contribution is 2.19. The largest absolute Gasteiger partial charge is 0.463 e. The first kappa shape index (κ1) is 13.5. The number of anilines is 1. The molecule has 0 spiro atoms. The lowest BCUT2D eigenvalue weighted by atomic mass is 10.0. The van der Waals surface area contributed by atoms with E-state index in [4.69, 9.17) is 10.00 Å². The van der Waals surface area contributed by atoms with Crippen LogP contribution in [0, 0.1) is 11.3 Å². The van der Waals surface area contributed by atoms with Gasteiger partial charge in [0.25, 0.3) is 0 Å². The number of benzene rings is 1. The van der Waals surface area contributed by atoms with Crippen molar-refractivity contribution < 1.29 is 9.53 Å². The summed E-state index contributed by atoms with van der Waals surface area (Å²) in [5.74, 6) is -0.578. The number of nitriles is 1. The molecule has 4 nitrogen and oxygen atoms in total. The molecule has 0 fully saturated rings. The van der Waals surface area contributed by atoms with Crippen LogP contribution < -0.4 is 5.32 Å². The van der Waals surface area contributed by atoms with Crippen LogP contribution in [-0.4, -0.2) is 18.1 Å². The number of hydrogen-bond acceptors (Lipinski definition) is 4. The number of nitrogens with one attached hydrogen (secondary N) is 1. The molecule has 17 heavy (non-hydrogen) atoms. The van der Waals surface area contributed by atoms with E-state index < -0.39 is 11.5 Å². The fourth-order valence-corrected chi connectivity index (χ4v) is 1.49. The zero-order valence-electron chi connectivity index (χ0n) is 9.66. The van der Waals surface area contributed by atoms with Gasteiger partial charge in [0.1, 0.15) is 6.07 Å². The molecule has 0 bridgehead atoms. The van der Waals surface area contributed by atoms with Gasteiger partial charge in [-0.05, 0) is 38.1 Å². The minimum absolute atomic E-state index is 0.248. The molecule has 0 aromatic heterocycles. The van der Waals surface area contributed by atoms with Crippen molar-refractivity contribution in [2.45, 2.75) is 19.4 Å². The van der Waals surface area contributed by atoms with E-state index in [1.165, 1.54) is 6.92 Å². The SMILES string of the molecule is CCOC(=O)[C@@](C)(C#N)Nc1ccc(Br)cc1. The highest BCUT2D eigenvalue weighted by molar-refractivity contribution is 9.10. The highest BCUT2D eigenvalue weighted by Gasteiger charge is 2.34. The van der Waals surface area contributed by atoms with E-state index >= 15 is 0 Å². The van der Waals surface area contributed by atoms with Crippen LogP contribution in [-0.2, 0) is 9.53 Å². The number of ether oxygens (including phenoxy) is 1. The molecule has 1 aromatic carbocycles. The lowest BCUT2D eigenvalue weighted by Gasteiger charge is -2.22. The van der Waals surface area contributed by atoms with Gasteiger partial charge in [-0.1, -0.05) is 15.9 Å². The Morgan fingerprint density at radius 3 is 2.59 bits per heavy atom. The zero-order chi connectivity index (χ0) is 12.9. The van der Waals surface area contributed by atoms with Crippen LogP contribution in [0.2, 0.25) is 0 Å². The number of hydrogen-bond donors (Lipinski definition) is 1. The van der Waals surface area contributed by atoms with Gasteiger partial charge in [0.2, 0.25) is 5.54 Å². The summed E-state index contributed by atoms with van der Waals surface area (Å²) >= 11 is 3.31. The number of carbonyl (C=O) groups excluding carboxylic acids is 1. The van der Waals surface area contributed by atoms with E-state index in [1.54, 1.807) is 19.1 Å². The summed E-state index contributed by atoms with van der Waals surface area (Å²) in [6, 6.07) is 9.13. The van der Waals surface area contributed by atoms with Crippen molar-refractivity contribution >= 4 is 27.6 Å². The van der Waals surface area contributed by atoms with Crippen LogP contribution in [0.3, 0.4) is 0 Å². The van der Waals surface area contributed by atoms with Crippen LogP contribution in [0.25, 0.3) is 0 Å². The second-order valence-corrected chi connectivity index (χ2v) is 4.50. The highest BCUT2D eigenvalue weighted by atomic mass is 79.9. The normalized spacial score (nSPS) is 13.3. The van der Waals surface area contributed by atoms with E-state index in [-0.39, 0.29) is 6.61 Å². The predicted octanol–water partition coefficient (Wildman–Crippen LogP) is 2.71. The van der Waals surface area contributed by atoms with Crippen molar-refractivity contribution in [2.24, 2.45) is 0 Å². The standard InChI is InChI=1S/C12H13BrN2O2/c1-3-17-11(16)12(2,8-14)15-10-6-4-9(13)5-7-10/h4-7,15H,3H2,1-2H3/t12-/m1/s1. The summed E-state index contributed by atoms with van der Waals surface area (Å²) in [4.78, 5) is 11.7. The Morgan fingerprint density at radius 2 is 2.12 bits per heavy atom. The lowest BCUT2D eigenvalue weighted by Crippen LogP contribution is -2.43. The average molecular weight is 297 g/mol. The van der Waals surface area contributed by atoms with E-state index in [0.29, 0.717) is 5.69 Å². The van der Waals surface area contributed by atoms with Crippen LogP contribution in [0.15, 0.2) is 28.7 Å². The monoisotopic (exact) mass is 296 g/mol. The van der Waals surface area contributed by atoms with Gasteiger partial charge < -0.3 is 10.1 Å². The molecular weight excluding hydrogens is 284 g/mol. The Morgan fingerprint density at radius 1 is 1.53 bits per heavy atom. The smallest absolute Gasteiger partial charge is 0.346 e. The van der Waals surface area contributed by atoms with Crippen molar-refractivity contribution in [1.82, 2.24) is 0 Å². The molecule has 0 aliphatic carbocycles. The molecule has 0 saturated carbocycles. The van der Waals surface area contributed by atoms with E-state index in [1.807, 2.05) is 18.2 Å². The van der Waals surface area contributed by atoms with Crippen molar-refractivity contribution in [3.8, 4) is 6.07 Å². The summed E-state index contributed by atoms with van der Waals surface area (Å²) in [5.41, 5.74) is -0.686. The van der Waals surface area contributed by atoms with E-state index in [0.717, 1.165) is 4.47 Å². The number of rotatable bonds is 4. The number of carbonyl (C=O) groups is 1. The number of esters is 1. The van der Waals surface area contributed by atoms with Crippen LogP contribution in [0.5, 0.6) is 0 Å². The molecule has 0 saturated heterocycles. The van der Waals surface area contributed by atoms with Gasteiger partial charge in [0.05, 0.1) is 6.61 Å². The third-order valence-electron chi connectivity index (χ3n) is 2.15. The van der Waals surface area contributed by atoms with Gasteiger partial charge in [0.15, 0.2) is 0 Å². The molecular formula is C12H13BrN2O2. The zero-order valence-corrected chi connectivity index (χ0v) is 11.2.